The van der Waals surface area contributed by atoms with Crippen LogP contribution in [0, 0.1) is 5.82 Å². The summed E-state index contributed by atoms with van der Waals surface area (Å²) in [5.74, 6) is -0.583. The van der Waals surface area contributed by atoms with Crippen LogP contribution < -0.4 is 0 Å². The summed E-state index contributed by atoms with van der Waals surface area (Å²) in [4.78, 5) is 16.0. The lowest BCUT2D eigenvalue weighted by atomic mass is 10.1. The van der Waals surface area contributed by atoms with E-state index in [1.807, 2.05) is 24.3 Å². The molecule has 1 N–H and O–H groups in total. The van der Waals surface area contributed by atoms with Crippen molar-refractivity contribution in [2.75, 3.05) is 0 Å². The van der Waals surface area contributed by atoms with Gasteiger partial charge in [-0.1, -0.05) is 28.1 Å². The predicted octanol–water partition coefficient (Wildman–Crippen LogP) is 5.76. The Morgan fingerprint density at radius 2 is 1.85 bits per heavy atom. The van der Waals surface area contributed by atoms with Crippen LogP contribution in [0.15, 0.2) is 69.6 Å². The minimum Gasteiger partial charge on any atom is -0.478 e. The summed E-state index contributed by atoms with van der Waals surface area (Å²) in [7, 11) is 0. The highest BCUT2D eigenvalue weighted by molar-refractivity contribution is 9.10. The number of hydrogen-bond acceptors (Lipinski definition) is 3. The van der Waals surface area contributed by atoms with Crippen molar-refractivity contribution in [1.29, 1.82) is 0 Å². The smallest absolute Gasteiger partial charge is 0.336 e. The van der Waals surface area contributed by atoms with Crippen LogP contribution in [0.1, 0.15) is 10.4 Å². The number of carboxylic acids is 1. The fraction of sp³-hybridized carbons (Fsp3) is 0. The molecule has 6 heteroatoms. The van der Waals surface area contributed by atoms with E-state index in [2.05, 4.69) is 20.9 Å². The van der Waals surface area contributed by atoms with Gasteiger partial charge in [-0.3, -0.25) is 0 Å². The minimum absolute atomic E-state index is 0.0232. The predicted molar refractivity (Wildman–Crippen MR) is 99.5 cm³/mol. The maximum absolute atomic E-state index is 13.5. The number of carbonyl (C=O) groups is 1. The molecule has 2 aromatic heterocycles. The van der Waals surface area contributed by atoms with Gasteiger partial charge >= 0.3 is 5.97 Å². The lowest BCUT2D eigenvalue weighted by Gasteiger charge is -2.05. The number of pyridine rings is 1. The zero-order valence-corrected chi connectivity index (χ0v) is 14.8. The average Bonchev–Trinajstić information content (AvgIpc) is 3.11. The SMILES string of the molecule is O=C(O)c1cc(-c2ccc(-c3cccc(Br)c3)o2)nc2ccc(F)cc12. The lowest BCUT2D eigenvalue weighted by molar-refractivity contribution is 0.0699. The van der Waals surface area contributed by atoms with Crippen LogP contribution >= 0.6 is 15.9 Å². The van der Waals surface area contributed by atoms with E-state index in [0.29, 0.717) is 22.7 Å². The summed E-state index contributed by atoms with van der Waals surface area (Å²) in [6, 6.07) is 16.4. The van der Waals surface area contributed by atoms with Gasteiger partial charge in [-0.2, -0.15) is 0 Å². The number of nitrogens with zero attached hydrogens (tertiary/aromatic N) is 1. The number of carboxylic acid groups (broad SMARTS) is 1. The fourth-order valence-electron chi connectivity index (χ4n) is 2.77. The first-order valence-electron chi connectivity index (χ1n) is 7.71. The molecule has 4 nitrogen and oxygen atoms in total. The van der Waals surface area contributed by atoms with Crippen molar-refractivity contribution in [3.63, 3.8) is 0 Å². The molecule has 2 heterocycles. The number of rotatable bonds is 3. The molecule has 4 rings (SSSR count). The van der Waals surface area contributed by atoms with Crippen LogP contribution in [0.2, 0.25) is 0 Å². The molecule has 0 amide bonds. The normalized spacial score (nSPS) is 11.0. The van der Waals surface area contributed by atoms with Crippen LogP contribution in [0.4, 0.5) is 4.39 Å². The van der Waals surface area contributed by atoms with Gasteiger partial charge in [-0.15, -0.1) is 0 Å². The Hall–Kier alpha value is -2.99. The monoisotopic (exact) mass is 411 g/mol. The van der Waals surface area contributed by atoms with Gasteiger partial charge in [0.05, 0.1) is 11.1 Å². The van der Waals surface area contributed by atoms with Gasteiger partial charge in [0.25, 0.3) is 0 Å². The molecule has 0 unspecified atom stereocenters. The van der Waals surface area contributed by atoms with E-state index >= 15 is 0 Å². The molecular formula is C20H11BrFNO3. The van der Waals surface area contributed by atoms with E-state index in [1.165, 1.54) is 24.3 Å². The number of furan rings is 1. The van der Waals surface area contributed by atoms with Crippen LogP contribution in [0.25, 0.3) is 33.7 Å². The minimum atomic E-state index is -1.15. The summed E-state index contributed by atoms with van der Waals surface area (Å²) in [5, 5.41) is 9.72. The standard InChI is InChI=1S/C20H11BrFNO3/c21-12-3-1-2-11(8-12)18-6-7-19(26-18)17-10-15(20(24)25)14-9-13(22)4-5-16(14)23-17/h1-10H,(H,24,25). The Morgan fingerprint density at radius 3 is 2.62 bits per heavy atom. The Morgan fingerprint density at radius 1 is 1.04 bits per heavy atom. The van der Waals surface area contributed by atoms with Crippen molar-refractivity contribution in [2.24, 2.45) is 0 Å². The summed E-state index contributed by atoms with van der Waals surface area (Å²) < 4.78 is 20.3. The van der Waals surface area contributed by atoms with Gasteiger partial charge in [0.1, 0.15) is 17.3 Å². The third kappa shape index (κ3) is 2.99. The van der Waals surface area contributed by atoms with E-state index in [9.17, 15) is 14.3 Å². The molecule has 0 radical (unpaired) electrons. The molecule has 4 aromatic rings. The molecule has 0 bridgehead atoms. The summed E-state index contributed by atoms with van der Waals surface area (Å²) in [6.07, 6.45) is 0. The fourth-order valence-corrected chi connectivity index (χ4v) is 3.17. The first kappa shape index (κ1) is 16.5. The maximum atomic E-state index is 13.5. The number of halogens is 2. The van der Waals surface area contributed by atoms with Gasteiger partial charge < -0.3 is 9.52 Å². The number of aromatic nitrogens is 1. The van der Waals surface area contributed by atoms with Crippen molar-refractivity contribution < 1.29 is 18.7 Å². The van der Waals surface area contributed by atoms with Gasteiger partial charge in [-0.25, -0.2) is 14.2 Å². The molecule has 0 aliphatic carbocycles. The van der Waals surface area contributed by atoms with E-state index in [0.717, 1.165) is 10.0 Å². The second-order valence-corrected chi connectivity index (χ2v) is 6.61. The highest BCUT2D eigenvalue weighted by atomic mass is 79.9. The lowest BCUT2D eigenvalue weighted by Crippen LogP contribution is -2.00. The summed E-state index contributed by atoms with van der Waals surface area (Å²) in [5.41, 5.74) is 1.63. The molecule has 2 aromatic carbocycles. The van der Waals surface area contributed by atoms with Crippen LogP contribution in [-0.4, -0.2) is 16.1 Å². The van der Waals surface area contributed by atoms with E-state index in [1.54, 1.807) is 12.1 Å². The van der Waals surface area contributed by atoms with Gasteiger partial charge in [0.2, 0.25) is 0 Å². The number of hydrogen-bond donors (Lipinski definition) is 1. The summed E-state index contributed by atoms with van der Waals surface area (Å²) in [6.45, 7) is 0. The van der Waals surface area contributed by atoms with Gasteiger partial charge in [0.15, 0.2) is 5.76 Å². The van der Waals surface area contributed by atoms with Crippen molar-refractivity contribution in [2.45, 2.75) is 0 Å². The second-order valence-electron chi connectivity index (χ2n) is 5.70. The highest BCUT2D eigenvalue weighted by Gasteiger charge is 2.16. The quantitative estimate of drug-likeness (QED) is 0.465. The average molecular weight is 412 g/mol. The molecule has 0 aliphatic heterocycles. The molecule has 128 valence electrons. The molecule has 26 heavy (non-hydrogen) atoms. The zero-order valence-electron chi connectivity index (χ0n) is 13.2. The molecule has 0 fully saturated rings. The van der Waals surface area contributed by atoms with Crippen LogP contribution in [0.5, 0.6) is 0 Å². The van der Waals surface area contributed by atoms with Crippen molar-refractivity contribution >= 4 is 32.8 Å². The van der Waals surface area contributed by atoms with Crippen LogP contribution in [0.3, 0.4) is 0 Å². The van der Waals surface area contributed by atoms with Gasteiger partial charge in [-0.05, 0) is 48.5 Å². The highest BCUT2D eigenvalue weighted by Crippen LogP contribution is 2.31. The molecular weight excluding hydrogens is 401 g/mol. The first-order chi connectivity index (χ1) is 12.5. The van der Waals surface area contributed by atoms with E-state index in [-0.39, 0.29) is 10.9 Å². The van der Waals surface area contributed by atoms with E-state index < -0.39 is 11.8 Å². The summed E-state index contributed by atoms with van der Waals surface area (Å²) >= 11 is 3.42. The second kappa shape index (κ2) is 6.38. The number of aromatic carboxylic acids is 1. The molecule has 0 aliphatic rings. The Balaban J connectivity index is 1.85. The first-order valence-corrected chi connectivity index (χ1v) is 8.50. The third-order valence-electron chi connectivity index (χ3n) is 3.97. The Labute approximate surface area is 156 Å². The molecule has 0 saturated heterocycles. The van der Waals surface area contributed by atoms with E-state index in [4.69, 9.17) is 4.42 Å². The zero-order chi connectivity index (χ0) is 18.3. The largest absolute Gasteiger partial charge is 0.478 e. The van der Waals surface area contributed by atoms with Gasteiger partial charge in [0, 0.05) is 15.4 Å². The topological polar surface area (TPSA) is 63.3 Å². The molecule has 0 atom stereocenters. The van der Waals surface area contributed by atoms with Crippen molar-refractivity contribution in [1.82, 2.24) is 4.98 Å². The number of benzene rings is 2. The van der Waals surface area contributed by atoms with Crippen molar-refractivity contribution in [3.8, 4) is 22.8 Å². The Kier molecular flexibility index (Phi) is 4.05. The maximum Gasteiger partial charge on any atom is 0.336 e. The molecule has 0 spiro atoms. The Bertz CT molecular complexity index is 1150. The van der Waals surface area contributed by atoms with Crippen molar-refractivity contribution in [3.05, 3.63) is 76.5 Å². The third-order valence-corrected chi connectivity index (χ3v) is 4.46. The van der Waals surface area contributed by atoms with Crippen LogP contribution in [-0.2, 0) is 0 Å². The number of fused-ring (bicyclic) bond motifs is 1. The molecule has 0 saturated carbocycles.